The van der Waals surface area contributed by atoms with Crippen LogP contribution in [-0.2, 0) is 19.6 Å². The van der Waals surface area contributed by atoms with Gasteiger partial charge in [-0.3, -0.25) is 9.59 Å². The summed E-state index contributed by atoms with van der Waals surface area (Å²) >= 11 is 0. The number of hydrogen-bond donors (Lipinski definition) is 2. The Bertz CT molecular complexity index is 826. The number of likely N-dealkylation sites (N-methyl/N-ethyl adjacent to an activating group) is 1. The second-order valence-corrected chi connectivity index (χ2v) is 7.61. The summed E-state index contributed by atoms with van der Waals surface area (Å²) < 4.78 is 28.2. The molecule has 2 amide bonds. The van der Waals surface area contributed by atoms with Crippen LogP contribution in [0, 0.1) is 5.92 Å². The van der Waals surface area contributed by atoms with Gasteiger partial charge in [0.25, 0.3) is 10.0 Å². The molecule has 0 bridgehead atoms. The molecule has 134 valence electrons. The number of piperidine rings is 1. The van der Waals surface area contributed by atoms with Crippen LogP contribution in [0.25, 0.3) is 0 Å². The minimum absolute atomic E-state index is 0.0339. The van der Waals surface area contributed by atoms with Crippen LogP contribution in [0.5, 0.6) is 0 Å². The van der Waals surface area contributed by atoms with Gasteiger partial charge in [0.15, 0.2) is 5.84 Å². The second kappa shape index (κ2) is 6.83. The molecule has 1 saturated heterocycles. The number of hydrogen-bond acceptors (Lipinski definition) is 5. The average molecular weight is 364 g/mol. The standard InChI is InChI=1S/C16H20N4O4S/c1-17-14(21)10-18-16(22)11-6-8-20(9-7-11)15-12-4-2-3-5-13(12)25(23,24)19-15/h2-5,11H,6-10H2,1H3,(H,17,21)(H,18,22). The smallest absolute Gasteiger partial charge is 0.285 e. The van der Waals surface area contributed by atoms with Crippen molar-refractivity contribution < 1.29 is 18.0 Å². The van der Waals surface area contributed by atoms with Crippen molar-refractivity contribution in [2.24, 2.45) is 10.3 Å². The topological polar surface area (TPSA) is 108 Å². The summed E-state index contributed by atoms with van der Waals surface area (Å²) in [6.07, 6.45) is 1.17. The fraction of sp³-hybridized carbons (Fsp3) is 0.438. The van der Waals surface area contributed by atoms with Gasteiger partial charge in [-0.25, -0.2) is 0 Å². The van der Waals surface area contributed by atoms with Crippen LogP contribution in [0.4, 0.5) is 0 Å². The van der Waals surface area contributed by atoms with E-state index in [9.17, 15) is 18.0 Å². The van der Waals surface area contributed by atoms with Crippen LogP contribution in [0.3, 0.4) is 0 Å². The molecule has 3 rings (SSSR count). The van der Waals surface area contributed by atoms with E-state index < -0.39 is 10.0 Å². The molecule has 0 saturated carbocycles. The van der Waals surface area contributed by atoms with E-state index in [1.54, 1.807) is 24.3 Å². The molecule has 8 nitrogen and oxygen atoms in total. The van der Waals surface area contributed by atoms with E-state index in [1.165, 1.54) is 7.05 Å². The maximum atomic E-state index is 12.1. The summed E-state index contributed by atoms with van der Waals surface area (Å²) in [5.74, 6) is -0.118. The van der Waals surface area contributed by atoms with Gasteiger partial charge >= 0.3 is 0 Å². The van der Waals surface area contributed by atoms with Crippen LogP contribution in [0.2, 0.25) is 0 Å². The number of carbonyl (C=O) groups is 2. The normalized spacial score (nSPS) is 19.1. The van der Waals surface area contributed by atoms with Crippen LogP contribution < -0.4 is 10.6 Å². The fourth-order valence-corrected chi connectivity index (χ4v) is 4.30. The average Bonchev–Trinajstić information content (AvgIpc) is 2.91. The highest BCUT2D eigenvalue weighted by atomic mass is 32.2. The highest BCUT2D eigenvalue weighted by molar-refractivity contribution is 7.90. The van der Waals surface area contributed by atoms with Crippen LogP contribution in [0.1, 0.15) is 18.4 Å². The van der Waals surface area contributed by atoms with E-state index in [0.29, 0.717) is 37.3 Å². The summed E-state index contributed by atoms with van der Waals surface area (Å²) in [6, 6.07) is 6.77. The number of sulfonamides is 1. The third-order valence-corrected chi connectivity index (χ3v) is 5.80. The molecule has 9 heteroatoms. The Balaban J connectivity index is 1.64. The van der Waals surface area contributed by atoms with E-state index >= 15 is 0 Å². The number of benzene rings is 1. The number of amides is 2. The molecular formula is C16H20N4O4S. The first-order valence-corrected chi connectivity index (χ1v) is 9.54. The van der Waals surface area contributed by atoms with Gasteiger partial charge < -0.3 is 15.5 Å². The molecule has 2 N–H and O–H groups in total. The fourth-order valence-electron chi connectivity index (χ4n) is 3.07. The van der Waals surface area contributed by atoms with Gasteiger partial charge in [-0.2, -0.15) is 8.42 Å². The van der Waals surface area contributed by atoms with Gasteiger partial charge in [-0.1, -0.05) is 12.1 Å². The zero-order valence-electron chi connectivity index (χ0n) is 13.9. The van der Waals surface area contributed by atoms with Gasteiger partial charge in [0.2, 0.25) is 11.8 Å². The number of nitrogens with one attached hydrogen (secondary N) is 2. The number of rotatable bonds is 3. The quantitative estimate of drug-likeness (QED) is 0.766. The highest BCUT2D eigenvalue weighted by Gasteiger charge is 2.34. The SMILES string of the molecule is CNC(=O)CNC(=O)C1CCN(C2=NS(=O)(=O)c3ccccc32)CC1. The summed E-state index contributed by atoms with van der Waals surface area (Å²) in [5.41, 5.74) is 0.616. The van der Waals surface area contributed by atoms with Gasteiger partial charge in [0.05, 0.1) is 6.54 Å². The van der Waals surface area contributed by atoms with Crippen molar-refractivity contribution in [2.75, 3.05) is 26.7 Å². The van der Waals surface area contributed by atoms with Crippen LogP contribution >= 0.6 is 0 Å². The molecular weight excluding hydrogens is 344 g/mol. The first-order valence-electron chi connectivity index (χ1n) is 8.10. The van der Waals surface area contributed by atoms with Gasteiger partial charge in [-0.05, 0) is 25.0 Å². The monoisotopic (exact) mass is 364 g/mol. The first kappa shape index (κ1) is 17.4. The van der Waals surface area contributed by atoms with E-state index in [1.807, 2.05) is 4.90 Å². The van der Waals surface area contributed by atoms with Crippen molar-refractivity contribution >= 4 is 27.7 Å². The summed E-state index contributed by atoms with van der Waals surface area (Å²) in [6.45, 7) is 1.05. The van der Waals surface area contributed by atoms with Crippen molar-refractivity contribution in [3.05, 3.63) is 29.8 Å². The Morgan fingerprint density at radius 1 is 1.24 bits per heavy atom. The molecule has 2 heterocycles. The van der Waals surface area contributed by atoms with E-state index in [0.717, 1.165) is 0 Å². The van der Waals surface area contributed by atoms with Gasteiger partial charge in [-0.15, -0.1) is 4.40 Å². The van der Waals surface area contributed by atoms with Crippen LogP contribution in [-0.4, -0.2) is 57.6 Å². The van der Waals surface area contributed by atoms with Crippen molar-refractivity contribution in [2.45, 2.75) is 17.7 Å². The number of likely N-dealkylation sites (tertiary alicyclic amines) is 1. The van der Waals surface area contributed by atoms with Crippen molar-refractivity contribution in [3.63, 3.8) is 0 Å². The summed E-state index contributed by atoms with van der Waals surface area (Å²) in [4.78, 5) is 25.4. The van der Waals surface area contributed by atoms with Crippen molar-refractivity contribution in [3.8, 4) is 0 Å². The minimum atomic E-state index is -3.63. The Kier molecular flexibility index (Phi) is 4.76. The van der Waals surface area contributed by atoms with Crippen molar-refractivity contribution in [1.82, 2.24) is 15.5 Å². The van der Waals surface area contributed by atoms with E-state index in [-0.39, 0.29) is 29.2 Å². The number of fused-ring (bicyclic) bond motifs is 1. The molecule has 1 fully saturated rings. The Labute approximate surface area is 146 Å². The van der Waals surface area contributed by atoms with Gasteiger partial charge in [0, 0.05) is 31.6 Å². The second-order valence-electron chi connectivity index (χ2n) is 6.04. The zero-order chi connectivity index (χ0) is 18.0. The lowest BCUT2D eigenvalue weighted by Crippen LogP contribution is -2.44. The molecule has 0 spiro atoms. The third kappa shape index (κ3) is 3.51. The maximum Gasteiger partial charge on any atom is 0.285 e. The zero-order valence-corrected chi connectivity index (χ0v) is 14.7. The Morgan fingerprint density at radius 3 is 2.60 bits per heavy atom. The largest absolute Gasteiger partial charge is 0.358 e. The molecule has 1 aromatic rings. The van der Waals surface area contributed by atoms with E-state index in [4.69, 9.17) is 0 Å². The number of nitrogens with zero attached hydrogens (tertiary/aromatic N) is 2. The molecule has 25 heavy (non-hydrogen) atoms. The predicted octanol–water partition coefficient (Wildman–Crippen LogP) is -0.290. The van der Waals surface area contributed by atoms with E-state index in [2.05, 4.69) is 15.0 Å². The predicted molar refractivity (Wildman–Crippen MR) is 91.5 cm³/mol. The minimum Gasteiger partial charge on any atom is -0.358 e. The summed E-state index contributed by atoms with van der Waals surface area (Å²) in [7, 11) is -2.12. The molecule has 0 unspecified atom stereocenters. The molecule has 0 aromatic heterocycles. The molecule has 1 aromatic carbocycles. The molecule has 0 aliphatic carbocycles. The molecule has 2 aliphatic heterocycles. The Morgan fingerprint density at radius 2 is 1.92 bits per heavy atom. The first-order chi connectivity index (χ1) is 11.9. The summed E-state index contributed by atoms with van der Waals surface area (Å²) in [5, 5.41) is 5.07. The lowest BCUT2D eigenvalue weighted by molar-refractivity contribution is -0.129. The maximum absolute atomic E-state index is 12.1. The molecule has 0 atom stereocenters. The number of carbonyl (C=O) groups excluding carboxylic acids is 2. The number of amidine groups is 1. The molecule has 2 aliphatic rings. The van der Waals surface area contributed by atoms with Gasteiger partial charge in [0.1, 0.15) is 4.90 Å². The lowest BCUT2D eigenvalue weighted by Gasteiger charge is -2.32. The highest BCUT2D eigenvalue weighted by Crippen LogP contribution is 2.29. The lowest BCUT2D eigenvalue weighted by atomic mass is 9.95. The van der Waals surface area contributed by atoms with Crippen LogP contribution in [0.15, 0.2) is 33.6 Å². The van der Waals surface area contributed by atoms with Crippen molar-refractivity contribution in [1.29, 1.82) is 0 Å². The third-order valence-electron chi connectivity index (χ3n) is 4.48. The molecule has 0 radical (unpaired) electrons. The Hall–Kier alpha value is -2.42.